The number of nitrogens with one attached hydrogen (secondary N) is 1. The Kier molecular flexibility index (Phi) is 5.26. The molecule has 0 amide bonds. The van der Waals surface area contributed by atoms with E-state index in [1.165, 1.54) is 40.8 Å². The molecule has 1 N–H and O–H groups in total. The van der Waals surface area contributed by atoms with Gasteiger partial charge in [0.25, 0.3) is 0 Å². The van der Waals surface area contributed by atoms with Gasteiger partial charge < -0.3 is 4.74 Å². The number of piperidine rings is 1. The molecule has 0 spiro atoms. The minimum atomic E-state index is 0.488. The molecule has 0 saturated carbocycles. The van der Waals surface area contributed by atoms with Crippen molar-refractivity contribution in [2.24, 2.45) is 0 Å². The van der Waals surface area contributed by atoms with E-state index in [0.29, 0.717) is 5.92 Å². The van der Waals surface area contributed by atoms with Gasteiger partial charge in [0.1, 0.15) is 5.75 Å². The molecule has 0 bridgehead atoms. The molecule has 2 aromatic carbocycles. The second kappa shape index (κ2) is 7.97. The third kappa shape index (κ3) is 4.06. The molecule has 1 aliphatic heterocycles. The largest absolute Gasteiger partial charge is 0.497 e. The normalized spacial score (nSPS) is 17.8. The second-order valence-electron chi connectivity index (χ2n) is 7.49. The fraction of sp³-hybridized carbons (Fsp3) is 0.348. The Morgan fingerprint density at radius 3 is 2.93 bits per heavy atom. The molecule has 1 aliphatic rings. The molecule has 4 heteroatoms. The molecule has 27 heavy (non-hydrogen) atoms. The first kappa shape index (κ1) is 17.8. The smallest absolute Gasteiger partial charge is 0.119 e. The number of aryl methyl sites for hydroxylation is 1. The zero-order chi connectivity index (χ0) is 18.6. The van der Waals surface area contributed by atoms with E-state index in [2.05, 4.69) is 64.5 Å². The first-order chi connectivity index (χ1) is 13.2. The zero-order valence-electron chi connectivity index (χ0n) is 16.1. The van der Waals surface area contributed by atoms with E-state index in [-0.39, 0.29) is 0 Å². The van der Waals surface area contributed by atoms with Crippen molar-refractivity contribution in [1.82, 2.24) is 15.1 Å². The Morgan fingerprint density at radius 2 is 2.07 bits per heavy atom. The van der Waals surface area contributed by atoms with E-state index in [1.807, 2.05) is 12.3 Å². The summed E-state index contributed by atoms with van der Waals surface area (Å²) in [4.78, 5) is 2.55. The van der Waals surface area contributed by atoms with Gasteiger partial charge >= 0.3 is 0 Å². The van der Waals surface area contributed by atoms with Gasteiger partial charge in [-0.3, -0.25) is 10.00 Å². The molecule has 0 aliphatic carbocycles. The number of nitrogens with zero attached hydrogens (tertiary/aromatic N) is 2. The average Bonchev–Trinajstić information content (AvgIpc) is 3.18. The van der Waals surface area contributed by atoms with E-state index in [0.717, 1.165) is 25.4 Å². The van der Waals surface area contributed by atoms with Gasteiger partial charge in [-0.2, -0.15) is 5.10 Å². The summed E-state index contributed by atoms with van der Waals surface area (Å²) in [6.45, 7) is 5.29. The van der Waals surface area contributed by atoms with Crippen LogP contribution in [0.5, 0.6) is 5.75 Å². The number of aromatic nitrogens is 2. The van der Waals surface area contributed by atoms with Crippen LogP contribution in [-0.2, 0) is 6.54 Å². The standard InChI is InChI=1S/C23H27N3O/c1-17-6-3-8-19(12-17)22-14-24-25-23(22)20-9-5-11-26(16-20)15-18-7-4-10-21(13-18)27-2/h3-4,6-8,10,12-14,20H,5,9,11,15-16H2,1-2H3,(H,24,25). The maximum Gasteiger partial charge on any atom is 0.119 e. The number of methoxy groups -OCH3 is 1. The van der Waals surface area contributed by atoms with Gasteiger partial charge in [-0.25, -0.2) is 0 Å². The van der Waals surface area contributed by atoms with Crippen molar-refractivity contribution in [2.75, 3.05) is 20.2 Å². The van der Waals surface area contributed by atoms with Crippen LogP contribution in [0.25, 0.3) is 11.1 Å². The van der Waals surface area contributed by atoms with Crippen LogP contribution in [0.2, 0.25) is 0 Å². The second-order valence-corrected chi connectivity index (χ2v) is 7.49. The van der Waals surface area contributed by atoms with Crippen LogP contribution >= 0.6 is 0 Å². The van der Waals surface area contributed by atoms with Crippen LogP contribution in [0.15, 0.2) is 54.7 Å². The maximum atomic E-state index is 5.37. The number of hydrogen-bond donors (Lipinski definition) is 1. The van der Waals surface area contributed by atoms with E-state index >= 15 is 0 Å². The number of ether oxygens (including phenoxy) is 1. The number of H-pyrrole nitrogens is 1. The van der Waals surface area contributed by atoms with E-state index < -0.39 is 0 Å². The molecular weight excluding hydrogens is 334 g/mol. The number of hydrogen-bond acceptors (Lipinski definition) is 3. The molecule has 1 atom stereocenters. The summed E-state index contributed by atoms with van der Waals surface area (Å²) in [6, 6.07) is 17.1. The Hall–Kier alpha value is -2.59. The predicted molar refractivity (Wildman–Crippen MR) is 109 cm³/mol. The fourth-order valence-corrected chi connectivity index (χ4v) is 4.11. The summed E-state index contributed by atoms with van der Waals surface area (Å²) in [5, 5.41) is 7.67. The topological polar surface area (TPSA) is 41.1 Å². The highest BCUT2D eigenvalue weighted by atomic mass is 16.5. The van der Waals surface area contributed by atoms with Gasteiger partial charge in [0, 0.05) is 30.3 Å². The molecule has 1 saturated heterocycles. The fourth-order valence-electron chi connectivity index (χ4n) is 4.11. The van der Waals surface area contributed by atoms with Crippen LogP contribution < -0.4 is 4.74 Å². The summed E-state index contributed by atoms with van der Waals surface area (Å²) >= 11 is 0. The van der Waals surface area contributed by atoms with Crippen molar-refractivity contribution in [3.05, 3.63) is 71.5 Å². The van der Waals surface area contributed by atoms with Crippen LogP contribution in [-0.4, -0.2) is 35.3 Å². The lowest BCUT2D eigenvalue weighted by molar-refractivity contribution is 0.198. The van der Waals surface area contributed by atoms with Gasteiger partial charge in [0.15, 0.2) is 0 Å². The highest BCUT2D eigenvalue weighted by Crippen LogP contribution is 2.33. The average molecular weight is 361 g/mol. The molecule has 4 rings (SSSR count). The summed E-state index contributed by atoms with van der Waals surface area (Å²) in [7, 11) is 1.72. The van der Waals surface area contributed by atoms with Crippen LogP contribution in [0.3, 0.4) is 0 Å². The maximum absolute atomic E-state index is 5.37. The third-order valence-corrected chi connectivity index (χ3v) is 5.45. The Morgan fingerprint density at radius 1 is 1.19 bits per heavy atom. The summed E-state index contributed by atoms with van der Waals surface area (Å²) < 4.78 is 5.37. The van der Waals surface area contributed by atoms with Gasteiger partial charge in [-0.05, 0) is 49.6 Å². The van der Waals surface area contributed by atoms with Gasteiger partial charge in [0.2, 0.25) is 0 Å². The van der Waals surface area contributed by atoms with Crippen LogP contribution in [0.4, 0.5) is 0 Å². The monoisotopic (exact) mass is 361 g/mol. The van der Waals surface area contributed by atoms with Gasteiger partial charge in [-0.1, -0.05) is 42.0 Å². The molecule has 4 nitrogen and oxygen atoms in total. The van der Waals surface area contributed by atoms with Crippen molar-refractivity contribution >= 4 is 0 Å². The molecule has 1 fully saturated rings. The van der Waals surface area contributed by atoms with Crippen molar-refractivity contribution in [1.29, 1.82) is 0 Å². The first-order valence-electron chi connectivity index (χ1n) is 9.68. The quantitative estimate of drug-likeness (QED) is 0.711. The first-order valence-corrected chi connectivity index (χ1v) is 9.68. The lowest BCUT2D eigenvalue weighted by Gasteiger charge is -2.32. The van der Waals surface area contributed by atoms with Crippen molar-refractivity contribution < 1.29 is 4.74 Å². The van der Waals surface area contributed by atoms with Crippen LogP contribution in [0.1, 0.15) is 35.6 Å². The van der Waals surface area contributed by atoms with Crippen LogP contribution in [0, 0.1) is 6.92 Å². The summed E-state index contributed by atoms with van der Waals surface area (Å²) in [5.41, 5.74) is 6.35. The summed E-state index contributed by atoms with van der Waals surface area (Å²) in [5.74, 6) is 1.42. The Labute approximate surface area is 161 Å². The highest BCUT2D eigenvalue weighted by molar-refractivity contribution is 5.66. The summed E-state index contributed by atoms with van der Waals surface area (Å²) in [6.07, 6.45) is 4.39. The van der Waals surface area contributed by atoms with E-state index in [4.69, 9.17) is 4.74 Å². The molecule has 3 aromatic rings. The Balaban J connectivity index is 1.51. The molecular formula is C23H27N3O. The molecule has 0 radical (unpaired) electrons. The minimum absolute atomic E-state index is 0.488. The van der Waals surface area contributed by atoms with Crippen molar-refractivity contribution in [2.45, 2.75) is 32.2 Å². The minimum Gasteiger partial charge on any atom is -0.497 e. The van der Waals surface area contributed by atoms with E-state index in [9.17, 15) is 0 Å². The highest BCUT2D eigenvalue weighted by Gasteiger charge is 2.25. The lowest BCUT2D eigenvalue weighted by atomic mass is 9.90. The molecule has 1 unspecified atom stereocenters. The van der Waals surface area contributed by atoms with Crippen molar-refractivity contribution in [3.63, 3.8) is 0 Å². The number of benzene rings is 2. The molecule has 140 valence electrons. The molecule has 1 aromatic heterocycles. The zero-order valence-corrected chi connectivity index (χ0v) is 16.1. The van der Waals surface area contributed by atoms with Crippen molar-refractivity contribution in [3.8, 4) is 16.9 Å². The Bertz CT molecular complexity index is 902. The number of likely N-dealkylation sites (tertiary alicyclic amines) is 1. The molecule has 2 heterocycles. The lowest BCUT2D eigenvalue weighted by Crippen LogP contribution is -2.34. The predicted octanol–water partition coefficient (Wildman–Crippen LogP) is 4.77. The van der Waals surface area contributed by atoms with E-state index in [1.54, 1.807) is 7.11 Å². The van der Waals surface area contributed by atoms with Gasteiger partial charge in [-0.15, -0.1) is 0 Å². The number of rotatable bonds is 5. The van der Waals surface area contributed by atoms with Gasteiger partial charge in [0.05, 0.1) is 13.3 Å². The number of aromatic amines is 1. The third-order valence-electron chi connectivity index (χ3n) is 5.45. The SMILES string of the molecule is COc1cccc(CN2CCCC(c3[nH]ncc3-c3cccc(C)c3)C2)c1.